The second kappa shape index (κ2) is 5.21. The lowest BCUT2D eigenvalue weighted by Gasteiger charge is -2.28. The maximum atomic E-state index is 6.26. The van der Waals surface area contributed by atoms with Crippen LogP contribution in [0.5, 0.6) is 0 Å². The van der Waals surface area contributed by atoms with Crippen molar-refractivity contribution in [2.45, 2.75) is 26.9 Å². The molecule has 5 rings (SSSR count). The van der Waals surface area contributed by atoms with Crippen LogP contribution >= 0.6 is 0 Å². The van der Waals surface area contributed by atoms with Crippen molar-refractivity contribution in [3.05, 3.63) is 53.9 Å². The van der Waals surface area contributed by atoms with Crippen LogP contribution in [0.4, 0.5) is 17.2 Å². The highest BCUT2D eigenvalue weighted by molar-refractivity contribution is 6.09. The highest BCUT2D eigenvalue weighted by Gasteiger charge is 2.35. The van der Waals surface area contributed by atoms with Gasteiger partial charge in [0, 0.05) is 29.7 Å². The van der Waals surface area contributed by atoms with Gasteiger partial charge in [0.15, 0.2) is 11.4 Å². The highest BCUT2D eigenvalue weighted by Crippen LogP contribution is 2.46. The van der Waals surface area contributed by atoms with Gasteiger partial charge < -0.3 is 14.2 Å². The Bertz CT molecular complexity index is 1160. The van der Waals surface area contributed by atoms with Gasteiger partial charge in [-0.05, 0) is 50.6 Å². The SMILES string of the molecule is Cc1ccc2c(n1)oc1c(N3c4ncccc4N(C)C3C)c(C)ccc12. The summed E-state index contributed by atoms with van der Waals surface area (Å²) in [5, 5.41) is 2.14. The van der Waals surface area contributed by atoms with Gasteiger partial charge in [-0.1, -0.05) is 12.1 Å². The van der Waals surface area contributed by atoms with Crippen molar-refractivity contribution < 1.29 is 4.42 Å². The van der Waals surface area contributed by atoms with Crippen LogP contribution in [0.25, 0.3) is 22.1 Å². The molecule has 5 heteroatoms. The molecule has 130 valence electrons. The molecule has 4 heterocycles. The maximum Gasteiger partial charge on any atom is 0.227 e. The second-order valence-corrected chi connectivity index (χ2v) is 6.97. The van der Waals surface area contributed by atoms with Gasteiger partial charge in [0.25, 0.3) is 0 Å². The molecule has 0 spiro atoms. The van der Waals surface area contributed by atoms with E-state index in [1.165, 1.54) is 0 Å². The van der Waals surface area contributed by atoms with E-state index in [9.17, 15) is 0 Å². The average Bonchev–Trinajstić information content (AvgIpc) is 3.11. The quantitative estimate of drug-likeness (QED) is 0.490. The molecular weight excluding hydrogens is 324 g/mol. The first-order valence-electron chi connectivity index (χ1n) is 8.83. The van der Waals surface area contributed by atoms with E-state index in [4.69, 9.17) is 4.42 Å². The lowest BCUT2D eigenvalue weighted by Crippen LogP contribution is -2.36. The Morgan fingerprint density at radius 3 is 2.69 bits per heavy atom. The summed E-state index contributed by atoms with van der Waals surface area (Å²) < 4.78 is 6.26. The van der Waals surface area contributed by atoms with Gasteiger partial charge in [0.05, 0.1) is 11.4 Å². The minimum absolute atomic E-state index is 0.145. The van der Waals surface area contributed by atoms with Crippen LogP contribution in [0.15, 0.2) is 47.0 Å². The summed E-state index contributed by atoms with van der Waals surface area (Å²) in [5.41, 5.74) is 5.87. The van der Waals surface area contributed by atoms with E-state index < -0.39 is 0 Å². The molecule has 5 nitrogen and oxygen atoms in total. The number of nitrogens with zero attached hydrogens (tertiary/aromatic N) is 4. The van der Waals surface area contributed by atoms with E-state index in [-0.39, 0.29) is 6.17 Å². The number of anilines is 3. The lowest BCUT2D eigenvalue weighted by molar-refractivity contribution is 0.646. The summed E-state index contributed by atoms with van der Waals surface area (Å²) in [4.78, 5) is 13.7. The van der Waals surface area contributed by atoms with E-state index >= 15 is 0 Å². The third-order valence-corrected chi connectivity index (χ3v) is 5.37. The van der Waals surface area contributed by atoms with Gasteiger partial charge in [-0.3, -0.25) is 0 Å². The Kier molecular flexibility index (Phi) is 3.04. The Morgan fingerprint density at radius 1 is 1.04 bits per heavy atom. The molecule has 1 unspecified atom stereocenters. The Balaban J connectivity index is 1.84. The van der Waals surface area contributed by atoms with Gasteiger partial charge >= 0.3 is 0 Å². The minimum Gasteiger partial charge on any atom is -0.435 e. The monoisotopic (exact) mass is 344 g/mol. The Labute approximate surface area is 151 Å². The van der Waals surface area contributed by atoms with Gasteiger partial charge in [0.1, 0.15) is 6.17 Å². The van der Waals surface area contributed by atoms with Crippen LogP contribution in [0.3, 0.4) is 0 Å². The van der Waals surface area contributed by atoms with Crippen LogP contribution in [0, 0.1) is 13.8 Å². The van der Waals surface area contributed by atoms with Crippen LogP contribution in [0.1, 0.15) is 18.2 Å². The number of fused-ring (bicyclic) bond motifs is 4. The summed E-state index contributed by atoms with van der Waals surface area (Å²) in [6.07, 6.45) is 1.99. The number of rotatable bonds is 1. The minimum atomic E-state index is 0.145. The van der Waals surface area contributed by atoms with Crippen LogP contribution in [-0.2, 0) is 0 Å². The third-order valence-electron chi connectivity index (χ3n) is 5.37. The zero-order chi connectivity index (χ0) is 18.0. The number of pyridine rings is 2. The molecule has 0 N–H and O–H groups in total. The summed E-state index contributed by atoms with van der Waals surface area (Å²) in [5.74, 6) is 0.961. The van der Waals surface area contributed by atoms with Crippen molar-refractivity contribution in [2.75, 3.05) is 16.8 Å². The Hall–Kier alpha value is -3.08. The molecule has 0 amide bonds. The molecule has 4 aromatic rings. The van der Waals surface area contributed by atoms with E-state index in [0.717, 1.165) is 44.8 Å². The number of aromatic nitrogens is 2. The summed E-state index contributed by atoms with van der Waals surface area (Å²) >= 11 is 0. The number of furan rings is 1. The molecular formula is C21H20N4O. The van der Waals surface area contributed by atoms with Crippen molar-refractivity contribution in [1.29, 1.82) is 0 Å². The van der Waals surface area contributed by atoms with E-state index in [2.05, 4.69) is 64.9 Å². The number of aryl methyl sites for hydroxylation is 2. The zero-order valence-electron chi connectivity index (χ0n) is 15.3. The standard InChI is InChI=1S/C21H20N4O/c1-12-7-9-15-16-10-8-13(2)23-21(16)26-19(15)18(12)25-14(3)24(4)17-6-5-11-22-20(17)25/h5-11,14H,1-4H3. The van der Waals surface area contributed by atoms with Gasteiger partial charge in [-0.15, -0.1) is 0 Å². The predicted octanol–water partition coefficient (Wildman–Crippen LogP) is 4.93. The molecule has 1 atom stereocenters. The number of hydrogen-bond donors (Lipinski definition) is 0. The van der Waals surface area contributed by atoms with E-state index in [0.29, 0.717) is 5.71 Å². The van der Waals surface area contributed by atoms with E-state index in [1.54, 1.807) is 0 Å². The molecule has 0 saturated heterocycles. The maximum absolute atomic E-state index is 6.26. The molecule has 1 aliphatic heterocycles. The van der Waals surface area contributed by atoms with Crippen molar-refractivity contribution >= 4 is 39.3 Å². The molecule has 26 heavy (non-hydrogen) atoms. The van der Waals surface area contributed by atoms with Crippen molar-refractivity contribution in [3.63, 3.8) is 0 Å². The Morgan fingerprint density at radius 2 is 1.85 bits per heavy atom. The first-order valence-corrected chi connectivity index (χ1v) is 8.83. The fraction of sp³-hybridized carbons (Fsp3) is 0.238. The molecule has 1 aromatic carbocycles. The number of hydrogen-bond acceptors (Lipinski definition) is 5. The topological polar surface area (TPSA) is 45.4 Å². The predicted molar refractivity (Wildman–Crippen MR) is 105 cm³/mol. The summed E-state index contributed by atoms with van der Waals surface area (Å²) in [6.45, 7) is 6.29. The molecule has 0 fully saturated rings. The number of benzene rings is 1. The fourth-order valence-electron chi connectivity index (χ4n) is 3.89. The van der Waals surface area contributed by atoms with Crippen molar-refractivity contribution in [3.8, 4) is 0 Å². The van der Waals surface area contributed by atoms with Gasteiger partial charge in [-0.25, -0.2) is 9.97 Å². The van der Waals surface area contributed by atoms with Crippen molar-refractivity contribution in [1.82, 2.24) is 9.97 Å². The fourth-order valence-corrected chi connectivity index (χ4v) is 3.89. The van der Waals surface area contributed by atoms with Crippen LogP contribution in [0.2, 0.25) is 0 Å². The van der Waals surface area contributed by atoms with Crippen LogP contribution in [-0.4, -0.2) is 23.2 Å². The third kappa shape index (κ3) is 1.91. The second-order valence-electron chi connectivity index (χ2n) is 6.97. The molecule has 0 saturated carbocycles. The van der Waals surface area contributed by atoms with Gasteiger partial charge in [-0.2, -0.15) is 0 Å². The molecule has 0 radical (unpaired) electrons. The molecule has 3 aromatic heterocycles. The zero-order valence-corrected chi connectivity index (χ0v) is 15.3. The first-order chi connectivity index (χ1) is 12.6. The first kappa shape index (κ1) is 15.2. The lowest BCUT2D eigenvalue weighted by atomic mass is 10.1. The molecule has 0 aliphatic carbocycles. The van der Waals surface area contributed by atoms with Gasteiger partial charge in [0.2, 0.25) is 5.71 Å². The van der Waals surface area contributed by atoms with E-state index in [1.807, 2.05) is 25.3 Å². The molecule has 1 aliphatic rings. The average molecular weight is 344 g/mol. The largest absolute Gasteiger partial charge is 0.435 e. The highest BCUT2D eigenvalue weighted by atomic mass is 16.3. The molecule has 0 bridgehead atoms. The smallest absolute Gasteiger partial charge is 0.227 e. The summed E-state index contributed by atoms with van der Waals surface area (Å²) in [6, 6.07) is 12.5. The van der Waals surface area contributed by atoms with Crippen LogP contribution < -0.4 is 9.80 Å². The normalized spacial score (nSPS) is 16.7. The summed E-state index contributed by atoms with van der Waals surface area (Å²) in [7, 11) is 2.10. The van der Waals surface area contributed by atoms with Crippen molar-refractivity contribution in [2.24, 2.45) is 0 Å².